The average Bonchev–Trinajstić information content (AvgIpc) is 2.31. The first kappa shape index (κ1) is 11.5. The molecule has 84 valence electrons. The highest BCUT2D eigenvalue weighted by molar-refractivity contribution is 8.00. The molecule has 0 radical (unpaired) electrons. The Balaban J connectivity index is 2.10. The van der Waals surface area contributed by atoms with Crippen LogP contribution in [0.2, 0.25) is 0 Å². The van der Waals surface area contributed by atoms with Crippen LogP contribution in [0.25, 0.3) is 0 Å². The van der Waals surface area contributed by atoms with E-state index in [-0.39, 0.29) is 5.92 Å². The number of carbonyl (C=O) groups excluding carboxylic acids is 1. The first-order valence-corrected chi connectivity index (χ1v) is 6.54. The fraction of sp³-hybridized carbons (Fsp3) is 0.357. The molecule has 1 aliphatic rings. The SMILES string of the molecule is CC(=O)[C@@H]1CCC=C[C@@H]1Sc1ccccc1. The molecule has 0 fully saturated rings. The predicted molar refractivity (Wildman–Crippen MR) is 68.6 cm³/mol. The van der Waals surface area contributed by atoms with Crippen molar-refractivity contribution in [2.45, 2.75) is 29.9 Å². The topological polar surface area (TPSA) is 17.1 Å². The van der Waals surface area contributed by atoms with Gasteiger partial charge in [0.15, 0.2) is 0 Å². The summed E-state index contributed by atoms with van der Waals surface area (Å²) in [4.78, 5) is 12.8. The van der Waals surface area contributed by atoms with Gasteiger partial charge in [-0.05, 0) is 31.9 Å². The van der Waals surface area contributed by atoms with Gasteiger partial charge in [0, 0.05) is 16.1 Å². The predicted octanol–water partition coefficient (Wildman–Crippen LogP) is 3.70. The molecule has 0 heterocycles. The minimum atomic E-state index is 0.190. The zero-order valence-electron chi connectivity index (χ0n) is 9.43. The maximum Gasteiger partial charge on any atom is 0.134 e. The van der Waals surface area contributed by atoms with Crippen molar-refractivity contribution in [3.05, 3.63) is 42.5 Å². The smallest absolute Gasteiger partial charge is 0.134 e. The van der Waals surface area contributed by atoms with Crippen LogP contribution in [-0.4, -0.2) is 11.0 Å². The van der Waals surface area contributed by atoms with Gasteiger partial charge in [0.05, 0.1) is 0 Å². The van der Waals surface area contributed by atoms with Crippen LogP contribution in [0.3, 0.4) is 0 Å². The van der Waals surface area contributed by atoms with Crippen molar-refractivity contribution in [2.24, 2.45) is 5.92 Å². The summed E-state index contributed by atoms with van der Waals surface area (Å²) in [6.45, 7) is 1.71. The number of carbonyl (C=O) groups is 1. The Kier molecular flexibility index (Phi) is 3.83. The fourth-order valence-corrected chi connectivity index (χ4v) is 3.33. The average molecular weight is 232 g/mol. The van der Waals surface area contributed by atoms with Gasteiger partial charge in [-0.15, -0.1) is 11.8 Å². The Morgan fingerprint density at radius 2 is 2.06 bits per heavy atom. The van der Waals surface area contributed by atoms with E-state index in [4.69, 9.17) is 0 Å². The number of thioether (sulfide) groups is 1. The van der Waals surface area contributed by atoms with Crippen molar-refractivity contribution in [3.63, 3.8) is 0 Å². The molecule has 2 heteroatoms. The van der Waals surface area contributed by atoms with Crippen molar-refractivity contribution >= 4 is 17.5 Å². The van der Waals surface area contributed by atoms with Crippen LogP contribution in [0.4, 0.5) is 0 Å². The number of ketones is 1. The van der Waals surface area contributed by atoms with E-state index in [2.05, 4.69) is 24.3 Å². The van der Waals surface area contributed by atoms with E-state index in [1.165, 1.54) is 4.90 Å². The molecule has 0 aliphatic heterocycles. The molecule has 1 nitrogen and oxygen atoms in total. The first-order chi connectivity index (χ1) is 7.77. The van der Waals surface area contributed by atoms with Crippen LogP contribution in [0.5, 0.6) is 0 Å². The summed E-state index contributed by atoms with van der Waals surface area (Å²) in [5.41, 5.74) is 0. The molecule has 1 aromatic carbocycles. The lowest BCUT2D eigenvalue weighted by Crippen LogP contribution is -2.24. The maximum absolute atomic E-state index is 11.6. The van der Waals surface area contributed by atoms with Crippen molar-refractivity contribution in [1.82, 2.24) is 0 Å². The number of hydrogen-bond donors (Lipinski definition) is 0. The minimum Gasteiger partial charge on any atom is -0.300 e. The Labute approximate surface area is 101 Å². The third kappa shape index (κ3) is 2.76. The standard InChI is InChI=1S/C14H16OS/c1-11(15)13-9-5-6-10-14(13)16-12-7-3-2-4-8-12/h2-4,6-8,10,13-14H,5,9H2,1H3/t13-,14-/m0/s1. The second-order valence-corrected chi connectivity index (χ2v) is 5.37. The number of rotatable bonds is 3. The Morgan fingerprint density at radius 3 is 2.75 bits per heavy atom. The van der Waals surface area contributed by atoms with Crippen molar-refractivity contribution in [1.29, 1.82) is 0 Å². The Morgan fingerprint density at radius 1 is 1.31 bits per heavy atom. The minimum absolute atomic E-state index is 0.190. The second-order valence-electron chi connectivity index (χ2n) is 4.12. The van der Waals surface area contributed by atoms with Gasteiger partial charge in [-0.3, -0.25) is 4.79 Å². The lowest BCUT2D eigenvalue weighted by Gasteiger charge is -2.24. The maximum atomic E-state index is 11.6. The van der Waals surface area contributed by atoms with Gasteiger partial charge in [0.25, 0.3) is 0 Å². The number of Topliss-reactive ketones (excluding diaryl/α,β-unsaturated/α-hetero) is 1. The molecule has 2 rings (SSSR count). The van der Waals surface area contributed by atoms with Gasteiger partial charge in [-0.2, -0.15) is 0 Å². The van der Waals surface area contributed by atoms with Crippen LogP contribution in [0.15, 0.2) is 47.4 Å². The van der Waals surface area contributed by atoms with E-state index >= 15 is 0 Å². The summed E-state index contributed by atoms with van der Waals surface area (Å²) in [5.74, 6) is 0.507. The summed E-state index contributed by atoms with van der Waals surface area (Å²) < 4.78 is 0. The van der Waals surface area contributed by atoms with Gasteiger partial charge in [0.2, 0.25) is 0 Å². The molecule has 16 heavy (non-hydrogen) atoms. The van der Waals surface area contributed by atoms with Crippen molar-refractivity contribution < 1.29 is 4.79 Å². The van der Waals surface area contributed by atoms with Crippen molar-refractivity contribution in [2.75, 3.05) is 0 Å². The Hall–Kier alpha value is -1.02. The molecule has 0 unspecified atom stereocenters. The summed E-state index contributed by atoms with van der Waals surface area (Å²) in [7, 11) is 0. The monoisotopic (exact) mass is 232 g/mol. The summed E-state index contributed by atoms with van der Waals surface area (Å²) >= 11 is 1.79. The quantitative estimate of drug-likeness (QED) is 0.739. The van der Waals surface area contributed by atoms with Crippen LogP contribution in [0.1, 0.15) is 19.8 Å². The van der Waals surface area contributed by atoms with E-state index in [9.17, 15) is 4.79 Å². The molecule has 0 bridgehead atoms. The fourth-order valence-electron chi connectivity index (χ4n) is 2.02. The van der Waals surface area contributed by atoms with Gasteiger partial charge in [0.1, 0.15) is 5.78 Å². The number of hydrogen-bond acceptors (Lipinski definition) is 2. The molecule has 1 aliphatic carbocycles. The highest BCUT2D eigenvalue weighted by Crippen LogP contribution is 2.34. The summed E-state index contributed by atoms with van der Waals surface area (Å²) in [6.07, 6.45) is 6.42. The van der Waals surface area contributed by atoms with Gasteiger partial charge >= 0.3 is 0 Å². The molecule has 2 atom stereocenters. The molecule has 0 saturated heterocycles. The van der Waals surface area contributed by atoms with Crippen LogP contribution in [0, 0.1) is 5.92 Å². The summed E-state index contributed by atoms with van der Waals surface area (Å²) in [6, 6.07) is 10.3. The van der Waals surface area contributed by atoms with E-state index in [0.717, 1.165) is 12.8 Å². The van der Waals surface area contributed by atoms with E-state index in [1.807, 2.05) is 18.2 Å². The van der Waals surface area contributed by atoms with E-state index < -0.39 is 0 Å². The molecule has 0 spiro atoms. The highest BCUT2D eigenvalue weighted by Gasteiger charge is 2.26. The second kappa shape index (κ2) is 5.35. The van der Waals surface area contributed by atoms with E-state index in [1.54, 1.807) is 18.7 Å². The lowest BCUT2D eigenvalue weighted by atomic mass is 9.91. The largest absolute Gasteiger partial charge is 0.300 e. The van der Waals surface area contributed by atoms with Crippen molar-refractivity contribution in [3.8, 4) is 0 Å². The van der Waals surface area contributed by atoms with Gasteiger partial charge in [-0.1, -0.05) is 30.4 Å². The molecular formula is C14H16OS. The Bertz CT molecular complexity index is 383. The zero-order chi connectivity index (χ0) is 11.4. The zero-order valence-corrected chi connectivity index (χ0v) is 10.2. The first-order valence-electron chi connectivity index (χ1n) is 5.66. The van der Waals surface area contributed by atoms with Gasteiger partial charge < -0.3 is 0 Å². The lowest BCUT2D eigenvalue weighted by molar-refractivity contribution is -0.120. The third-order valence-electron chi connectivity index (χ3n) is 2.90. The highest BCUT2D eigenvalue weighted by atomic mass is 32.2. The summed E-state index contributed by atoms with van der Waals surface area (Å²) in [5, 5.41) is 0.314. The number of allylic oxidation sites excluding steroid dienone is 1. The van der Waals surface area contributed by atoms with E-state index in [0.29, 0.717) is 11.0 Å². The molecule has 0 saturated carbocycles. The normalized spacial score (nSPS) is 24.3. The number of benzene rings is 1. The van der Waals surface area contributed by atoms with Crippen LogP contribution < -0.4 is 0 Å². The molecule has 0 amide bonds. The molecule has 1 aromatic rings. The molecule has 0 aromatic heterocycles. The molecule has 0 N–H and O–H groups in total. The van der Waals surface area contributed by atoms with Crippen LogP contribution >= 0.6 is 11.8 Å². The van der Waals surface area contributed by atoms with Crippen LogP contribution in [-0.2, 0) is 4.79 Å². The third-order valence-corrected chi connectivity index (χ3v) is 4.21. The van der Waals surface area contributed by atoms with Gasteiger partial charge in [-0.25, -0.2) is 0 Å². The molecular weight excluding hydrogens is 216 g/mol.